The second-order valence-corrected chi connectivity index (χ2v) is 11.9. The molecule has 1 aromatic carbocycles. The number of hydrogen-bond donors (Lipinski definition) is 0. The van der Waals surface area contributed by atoms with Crippen molar-refractivity contribution in [3.8, 4) is 11.4 Å². The van der Waals surface area contributed by atoms with E-state index in [-0.39, 0.29) is 53.0 Å². The fourth-order valence-corrected chi connectivity index (χ4v) is 4.95. The molecule has 2 aromatic rings. The molecule has 1 aliphatic heterocycles. The highest BCUT2D eigenvalue weighted by Gasteiger charge is 2.40. The van der Waals surface area contributed by atoms with E-state index in [0.29, 0.717) is 38.1 Å². The van der Waals surface area contributed by atoms with Crippen molar-refractivity contribution in [2.45, 2.75) is 77.1 Å². The molecule has 222 valence electrons. The minimum Gasteiger partial charge on any atom is -0.444 e. The Morgan fingerprint density at radius 3 is 2.17 bits per heavy atom. The van der Waals surface area contributed by atoms with E-state index in [4.69, 9.17) is 9.47 Å². The Labute approximate surface area is 240 Å². The van der Waals surface area contributed by atoms with E-state index in [1.807, 2.05) is 32.6 Å². The first kappa shape index (κ1) is 30.4. The molecule has 1 aromatic heterocycles. The van der Waals surface area contributed by atoms with Crippen LogP contribution in [0.4, 0.5) is 9.18 Å². The summed E-state index contributed by atoms with van der Waals surface area (Å²) in [5.41, 5.74) is 0.122. The van der Waals surface area contributed by atoms with Gasteiger partial charge in [-0.2, -0.15) is 0 Å². The van der Waals surface area contributed by atoms with Crippen molar-refractivity contribution in [1.29, 1.82) is 0 Å². The minimum absolute atomic E-state index is 0.000581. The van der Waals surface area contributed by atoms with Crippen LogP contribution in [-0.4, -0.2) is 100 Å². The van der Waals surface area contributed by atoms with Crippen LogP contribution in [0.5, 0.6) is 0 Å². The molecule has 1 unspecified atom stereocenters. The Hall–Kier alpha value is -3.60. The van der Waals surface area contributed by atoms with Gasteiger partial charge in [0.1, 0.15) is 11.4 Å². The Balaban J connectivity index is 1.42. The molecule has 0 radical (unpaired) electrons. The normalized spacial score (nSPS) is 16.7. The number of carbonyl (C=O) groups excluding carboxylic acids is 3. The van der Waals surface area contributed by atoms with Crippen molar-refractivity contribution in [2.24, 2.45) is 0 Å². The molecule has 3 amide bonds. The van der Waals surface area contributed by atoms with Crippen molar-refractivity contribution < 1.29 is 28.2 Å². The lowest BCUT2D eigenvalue weighted by atomic mass is 10.0. The van der Waals surface area contributed by atoms with Crippen LogP contribution in [0.3, 0.4) is 0 Å². The number of aromatic nitrogens is 2. The first-order chi connectivity index (χ1) is 19.4. The lowest BCUT2D eigenvalue weighted by molar-refractivity contribution is 0.0142. The molecule has 0 spiro atoms. The van der Waals surface area contributed by atoms with Gasteiger partial charge >= 0.3 is 6.09 Å². The first-order valence-corrected chi connectivity index (χ1v) is 14.1. The summed E-state index contributed by atoms with van der Waals surface area (Å²) in [6.07, 6.45) is 5.72. The number of piperidine rings is 1. The first-order valence-electron chi connectivity index (χ1n) is 14.1. The predicted molar refractivity (Wildman–Crippen MR) is 151 cm³/mol. The van der Waals surface area contributed by atoms with E-state index in [9.17, 15) is 14.4 Å². The van der Waals surface area contributed by atoms with Crippen molar-refractivity contribution >= 4 is 17.9 Å². The van der Waals surface area contributed by atoms with Gasteiger partial charge in [-0.3, -0.25) is 9.59 Å². The number of carbonyl (C=O) groups is 3. The summed E-state index contributed by atoms with van der Waals surface area (Å²) in [6.45, 7) is 8.77. The number of amides is 3. The summed E-state index contributed by atoms with van der Waals surface area (Å²) in [6, 6.07) is 4.18. The highest BCUT2D eigenvalue weighted by Crippen LogP contribution is 2.33. The largest absolute Gasteiger partial charge is 0.444 e. The molecule has 1 saturated carbocycles. The molecule has 1 aliphatic carbocycles. The predicted octanol–water partition coefficient (Wildman–Crippen LogP) is 4.39. The third-order valence-corrected chi connectivity index (χ3v) is 7.43. The van der Waals surface area contributed by atoms with Crippen molar-refractivity contribution in [2.75, 3.05) is 33.9 Å². The molecule has 10 nitrogen and oxygen atoms in total. The number of likely N-dealkylation sites (N-methyl/N-ethyl adjacent to an activating group) is 1. The van der Waals surface area contributed by atoms with Gasteiger partial charge < -0.3 is 24.2 Å². The SMILES string of the molecule is COCC(C)N(C)C(=O)c1ccc(-c2ncc(C(=O)N(C3CC3)C3CCN(C(=O)OC(C)(C)C)CC3)cn2)c(F)c1. The highest BCUT2D eigenvalue weighted by atomic mass is 19.1. The molecule has 41 heavy (non-hydrogen) atoms. The lowest BCUT2D eigenvalue weighted by Crippen LogP contribution is -2.50. The zero-order valence-corrected chi connectivity index (χ0v) is 24.7. The standard InChI is InChI=1S/C30H40FN5O5/c1-19(18-40-6)34(5)27(37)20-7-10-24(25(31)15-20)26-32-16-21(17-33-26)28(38)36(22-8-9-22)23-11-13-35(14-12-23)29(39)41-30(2,3)4/h7,10,15-17,19,22-23H,8-9,11-14,18H2,1-6H3. The van der Waals surface area contributed by atoms with Gasteiger partial charge in [0.15, 0.2) is 5.82 Å². The average Bonchev–Trinajstić information content (AvgIpc) is 3.77. The number of nitrogens with zero attached hydrogens (tertiary/aromatic N) is 5. The fourth-order valence-electron chi connectivity index (χ4n) is 4.95. The quantitative estimate of drug-likeness (QED) is 0.464. The van der Waals surface area contributed by atoms with E-state index < -0.39 is 11.4 Å². The maximum Gasteiger partial charge on any atom is 0.410 e. The van der Waals surface area contributed by atoms with Crippen LogP contribution in [0.1, 0.15) is 74.1 Å². The van der Waals surface area contributed by atoms with Crippen LogP contribution < -0.4 is 0 Å². The number of methoxy groups -OCH3 is 1. The van der Waals surface area contributed by atoms with E-state index >= 15 is 4.39 Å². The number of rotatable bonds is 8. The maximum absolute atomic E-state index is 15.0. The van der Waals surface area contributed by atoms with Gasteiger partial charge in [-0.1, -0.05) is 0 Å². The second-order valence-electron chi connectivity index (χ2n) is 11.9. The third kappa shape index (κ3) is 7.38. The Bertz CT molecular complexity index is 1250. The van der Waals surface area contributed by atoms with Crippen LogP contribution in [0.15, 0.2) is 30.6 Å². The summed E-state index contributed by atoms with van der Waals surface area (Å²) in [7, 11) is 3.20. The number of hydrogen-bond acceptors (Lipinski definition) is 7. The van der Waals surface area contributed by atoms with Gasteiger partial charge in [0.05, 0.1) is 23.8 Å². The van der Waals surface area contributed by atoms with Gasteiger partial charge in [0.25, 0.3) is 11.8 Å². The molecule has 0 bridgehead atoms. The third-order valence-electron chi connectivity index (χ3n) is 7.43. The average molecular weight is 570 g/mol. The van der Waals surface area contributed by atoms with Crippen LogP contribution in [0.2, 0.25) is 0 Å². The Morgan fingerprint density at radius 1 is 1.02 bits per heavy atom. The maximum atomic E-state index is 15.0. The molecule has 1 saturated heterocycles. The zero-order chi connectivity index (χ0) is 29.9. The molecule has 2 aliphatic rings. The number of halogens is 1. The molecule has 2 heterocycles. The van der Waals surface area contributed by atoms with Gasteiger partial charge in [0, 0.05) is 57.3 Å². The topological polar surface area (TPSA) is 105 Å². The molecular weight excluding hydrogens is 529 g/mol. The Morgan fingerprint density at radius 2 is 1.63 bits per heavy atom. The second kappa shape index (κ2) is 12.5. The van der Waals surface area contributed by atoms with E-state index in [1.165, 1.54) is 35.5 Å². The van der Waals surface area contributed by atoms with Crippen molar-refractivity contribution in [3.63, 3.8) is 0 Å². The van der Waals surface area contributed by atoms with Crippen LogP contribution >= 0.6 is 0 Å². The van der Waals surface area contributed by atoms with Crippen LogP contribution in [0, 0.1) is 5.82 Å². The molecule has 11 heteroatoms. The number of benzene rings is 1. The minimum atomic E-state index is -0.626. The van der Waals surface area contributed by atoms with E-state index in [1.54, 1.807) is 19.1 Å². The monoisotopic (exact) mass is 569 g/mol. The summed E-state index contributed by atoms with van der Waals surface area (Å²) >= 11 is 0. The Kier molecular flexibility index (Phi) is 9.26. The van der Waals surface area contributed by atoms with Gasteiger partial charge in [-0.05, 0) is 71.6 Å². The zero-order valence-electron chi connectivity index (χ0n) is 24.7. The summed E-state index contributed by atoms with van der Waals surface area (Å²) < 4.78 is 25.6. The van der Waals surface area contributed by atoms with Gasteiger partial charge in [0.2, 0.25) is 0 Å². The summed E-state index contributed by atoms with van der Waals surface area (Å²) in [4.78, 5) is 52.4. The van der Waals surface area contributed by atoms with E-state index in [2.05, 4.69) is 9.97 Å². The smallest absolute Gasteiger partial charge is 0.410 e. The van der Waals surface area contributed by atoms with Crippen molar-refractivity contribution in [1.82, 2.24) is 24.7 Å². The molecule has 4 rings (SSSR count). The lowest BCUT2D eigenvalue weighted by Gasteiger charge is -2.39. The van der Waals surface area contributed by atoms with Gasteiger partial charge in [-0.25, -0.2) is 19.2 Å². The summed E-state index contributed by atoms with van der Waals surface area (Å²) in [5.74, 6) is -0.981. The van der Waals surface area contributed by atoms with E-state index in [0.717, 1.165) is 12.8 Å². The van der Waals surface area contributed by atoms with Crippen LogP contribution in [0.25, 0.3) is 11.4 Å². The summed E-state index contributed by atoms with van der Waals surface area (Å²) in [5, 5.41) is 0. The van der Waals surface area contributed by atoms with Gasteiger partial charge in [-0.15, -0.1) is 0 Å². The molecule has 0 N–H and O–H groups in total. The number of ether oxygens (including phenoxy) is 2. The molecule has 1 atom stereocenters. The van der Waals surface area contributed by atoms with Crippen molar-refractivity contribution in [3.05, 3.63) is 47.5 Å². The fraction of sp³-hybridized carbons (Fsp3) is 0.567. The highest BCUT2D eigenvalue weighted by molar-refractivity contribution is 5.95. The molecule has 2 fully saturated rings. The number of likely N-dealkylation sites (tertiary alicyclic amines) is 1. The van der Waals surface area contributed by atoms with Crippen LogP contribution in [-0.2, 0) is 9.47 Å². The molecular formula is C30H40FN5O5.